The molecule has 1 saturated carbocycles. The largest absolute Gasteiger partial charge is 0.489 e. The predicted molar refractivity (Wildman–Crippen MR) is 154 cm³/mol. The fourth-order valence-electron chi connectivity index (χ4n) is 7.12. The highest BCUT2D eigenvalue weighted by molar-refractivity contribution is 5.96. The molecule has 3 amide bonds. The molecule has 3 saturated heterocycles. The standard InChI is InChI=1S/C31H43N5O5/c1-2-40-22-16-21-17-36(31(39)28(20-8-4-3-5-9-20)34-29(37)25-12-14-32-25)26(19-35(21)18-22)30(38)33-24-13-15-41-27-11-7-6-10-23(24)27/h6-7,10-11,13,20-22,25-26,28,32H,2-5,8-9,12,14-19H2,1H3,(H,33,38)(H,34,37). The van der Waals surface area contributed by atoms with Crippen molar-refractivity contribution in [3.8, 4) is 5.75 Å². The quantitative estimate of drug-likeness (QED) is 0.440. The van der Waals surface area contributed by atoms with Gasteiger partial charge in [-0.2, -0.15) is 0 Å². The van der Waals surface area contributed by atoms with Crippen molar-refractivity contribution in [2.24, 2.45) is 5.92 Å². The van der Waals surface area contributed by atoms with Crippen LogP contribution >= 0.6 is 0 Å². The van der Waals surface area contributed by atoms with Gasteiger partial charge in [0, 0.05) is 37.8 Å². The van der Waals surface area contributed by atoms with Crippen molar-refractivity contribution in [2.75, 3.05) is 39.4 Å². The number of hydrogen-bond donors (Lipinski definition) is 3. The van der Waals surface area contributed by atoms with Crippen LogP contribution in [-0.2, 0) is 19.1 Å². The maximum absolute atomic E-state index is 14.5. The summed E-state index contributed by atoms with van der Waals surface area (Å²) >= 11 is 0. The second-order valence-electron chi connectivity index (χ2n) is 12.0. The number of ether oxygens (including phenoxy) is 2. The fraction of sp³-hybridized carbons (Fsp3) is 0.645. The molecular formula is C31H43N5O5. The Hall–Kier alpha value is -2.95. The van der Waals surface area contributed by atoms with Crippen LogP contribution in [0.2, 0.25) is 0 Å². The lowest BCUT2D eigenvalue weighted by atomic mass is 9.82. The van der Waals surface area contributed by atoms with E-state index in [4.69, 9.17) is 9.47 Å². The van der Waals surface area contributed by atoms with E-state index in [-0.39, 0.29) is 41.8 Å². The Labute approximate surface area is 242 Å². The van der Waals surface area contributed by atoms with Crippen LogP contribution in [0.5, 0.6) is 5.75 Å². The summed E-state index contributed by atoms with van der Waals surface area (Å²) in [6.45, 7) is 5.45. The van der Waals surface area contributed by atoms with Crippen LogP contribution < -0.4 is 20.7 Å². The van der Waals surface area contributed by atoms with Gasteiger partial charge in [0.1, 0.15) is 24.4 Å². The molecular weight excluding hydrogens is 522 g/mol. The highest BCUT2D eigenvalue weighted by Gasteiger charge is 2.47. The Morgan fingerprint density at radius 2 is 1.88 bits per heavy atom. The SMILES string of the molecule is CCOC1CC2CN(C(=O)C(NC(=O)C3CCN3)C3CCCCC3)C(C(=O)NC3=CCOc4ccccc43)CN2C1. The number of benzene rings is 1. The second kappa shape index (κ2) is 12.5. The number of nitrogens with one attached hydrogen (secondary N) is 3. The number of fused-ring (bicyclic) bond motifs is 2. The average molecular weight is 566 g/mol. The molecule has 1 aromatic rings. The molecule has 0 radical (unpaired) electrons. The number of amides is 3. The Morgan fingerprint density at radius 1 is 1.07 bits per heavy atom. The zero-order valence-electron chi connectivity index (χ0n) is 24.0. The molecule has 10 heteroatoms. The molecule has 0 spiro atoms. The molecule has 1 aromatic carbocycles. The van der Waals surface area contributed by atoms with Gasteiger partial charge in [-0.25, -0.2) is 0 Å². The van der Waals surface area contributed by atoms with Crippen molar-refractivity contribution in [2.45, 2.75) is 82.1 Å². The monoisotopic (exact) mass is 565 g/mol. The van der Waals surface area contributed by atoms with Crippen LogP contribution in [0.3, 0.4) is 0 Å². The smallest absolute Gasteiger partial charge is 0.248 e. The lowest BCUT2D eigenvalue weighted by Crippen LogP contribution is -2.67. The van der Waals surface area contributed by atoms with Gasteiger partial charge in [-0.05, 0) is 63.3 Å². The summed E-state index contributed by atoms with van der Waals surface area (Å²) in [5.41, 5.74) is 1.53. The number of piperazine rings is 1. The minimum Gasteiger partial charge on any atom is -0.489 e. The molecule has 5 aliphatic rings. The first-order valence-corrected chi connectivity index (χ1v) is 15.4. The van der Waals surface area contributed by atoms with Crippen LogP contribution in [0.4, 0.5) is 0 Å². The first-order valence-electron chi connectivity index (χ1n) is 15.4. The third kappa shape index (κ3) is 6.01. The number of rotatable bonds is 8. The molecule has 4 fully saturated rings. The molecule has 5 atom stereocenters. The molecule has 0 bridgehead atoms. The van der Waals surface area contributed by atoms with Gasteiger partial charge >= 0.3 is 0 Å². The van der Waals surface area contributed by atoms with Crippen LogP contribution in [0.1, 0.15) is 57.4 Å². The number of carbonyl (C=O) groups excluding carboxylic acids is 3. The second-order valence-corrected chi connectivity index (χ2v) is 12.0. The Kier molecular flexibility index (Phi) is 8.60. The van der Waals surface area contributed by atoms with Gasteiger partial charge in [0.25, 0.3) is 0 Å². The molecule has 6 rings (SSSR count). The van der Waals surface area contributed by atoms with Gasteiger partial charge in [0.05, 0.1) is 17.8 Å². The van der Waals surface area contributed by atoms with Gasteiger partial charge < -0.3 is 30.3 Å². The normalized spacial score (nSPS) is 28.8. The topological polar surface area (TPSA) is 112 Å². The summed E-state index contributed by atoms with van der Waals surface area (Å²) in [7, 11) is 0. The van der Waals surface area contributed by atoms with E-state index < -0.39 is 12.1 Å². The number of hydrogen-bond acceptors (Lipinski definition) is 7. The van der Waals surface area contributed by atoms with Gasteiger partial charge in [0.15, 0.2) is 0 Å². The lowest BCUT2D eigenvalue weighted by molar-refractivity contribution is -0.149. The van der Waals surface area contributed by atoms with Crippen molar-refractivity contribution in [1.82, 2.24) is 25.8 Å². The third-order valence-electron chi connectivity index (χ3n) is 9.46. The molecule has 0 aromatic heterocycles. The van der Waals surface area contributed by atoms with Crippen molar-refractivity contribution in [3.63, 3.8) is 0 Å². The summed E-state index contributed by atoms with van der Waals surface area (Å²) in [5.74, 6) is 0.346. The fourth-order valence-corrected chi connectivity index (χ4v) is 7.12. The van der Waals surface area contributed by atoms with E-state index in [1.165, 1.54) is 0 Å². The van der Waals surface area contributed by atoms with Crippen molar-refractivity contribution in [3.05, 3.63) is 35.9 Å². The summed E-state index contributed by atoms with van der Waals surface area (Å²) in [6.07, 6.45) is 8.64. The van der Waals surface area contributed by atoms with Crippen molar-refractivity contribution in [1.29, 1.82) is 0 Å². The number of para-hydroxylation sites is 1. The first-order chi connectivity index (χ1) is 20.0. The van der Waals surface area contributed by atoms with Crippen LogP contribution in [-0.4, -0.2) is 97.2 Å². The first kappa shape index (κ1) is 28.2. The summed E-state index contributed by atoms with van der Waals surface area (Å²) < 4.78 is 11.7. The van der Waals surface area contributed by atoms with Crippen LogP contribution in [0.15, 0.2) is 30.3 Å². The van der Waals surface area contributed by atoms with Crippen molar-refractivity contribution < 1.29 is 23.9 Å². The van der Waals surface area contributed by atoms with Gasteiger partial charge in [-0.1, -0.05) is 31.4 Å². The van der Waals surface area contributed by atoms with Gasteiger partial charge in [0.2, 0.25) is 17.7 Å². The van der Waals surface area contributed by atoms with Crippen LogP contribution in [0, 0.1) is 5.92 Å². The van der Waals surface area contributed by atoms with Crippen molar-refractivity contribution >= 4 is 23.4 Å². The molecule has 4 aliphatic heterocycles. The zero-order chi connectivity index (χ0) is 28.3. The minimum absolute atomic E-state index is 0.0758. The number of carbonyl (C=O) groups is 3. The Balaban J connectivity index is 1.26. The molecule has 3 N–H and O–H groups in total. The average Bonchev–Trinajstić information content (AvgIpc) is 3.36. The molecule has 1 aliphatic carbocycles. The summed E-state index contributed by atoms with van der Waals surface area (Å²) in [6, 6.07) is 6.22. The van der Waals surface area contributed by atoms with E-state index in [9.17, 15) is 14.4 Å². The number of nitrogens with zero attached hydrogens (tertiary/aromatic N) is 2. The van der Waals surface area contributed by atoms with E-state index in [0.717, 1.165) is 69.3 Å². The Bertz CT molecular complexity index is 1160. The molecule has 41 heavy (non-hydrogen) atoms. The Morgan fingerprint density at radius 3 is 2.63 bits per heavy atom. The zero-order valence-corrected chi connectivity index (χ0v) is 24.0. The van der Waals surface area contributed by atoms with E-state index in [0.29, 0.717) is 32.0 Å². The molecule has 10 nitrogen and oxygen atoms in total. The highest BCUT2D eigenvalue weighted by atomic mass is 16.5. The predicted octanol–water partition coefficient (Wildman–Crippen LogP) is 1.65. The highest BCUT2D eigenvalue weighted by Crippen LogP contribution is 2.32. The van der Waals surface area contributed by atoms with E-state index in [2.05, 4.69) is 20.9 Å². The molecule has 5 unspecified atom stereocenters. The maximum atomic E-state index is 14.5. The molecule has 222 valence electrons. The molecule has 4 heterocycles. The summed E-state index contributed by atoms with van der Waals surface area (Å²) in [5, 5.41) is 9.43. The van der Waals surface area contributed by atoms with Crippen LogP contribution in [0.25, 0.3) is 5.70 Å². The summed E-state index contributed by atoms with van der Waals surface area (Å²) in [4.78, 5) is 45.7. The van der Waals surface area contributed by atoms with E-state index in [1.807, 2.05) is 37.3 Å². The minimum atomic E-state index is -0.681. The van der Waals surface area contributed by atoms with E-state index in [1.54, 1.807) is 4.90 Å². The maximum Gasteiger partial charge on any atom is 0.248 e. The van der Waals surface area contributed by atoms with E-state index >= 15 is 0 Å². The lowest BCUT2D eigenvalue weighted by Gasteiger charge is -2.45. The third-order valence-corrected chi connectivity index (χ3v) is 9.46. The van der Waals surface area contributed by atoms with Gasteiger partial charge in [-0.15, -0.1) is 0 Å². The van der Waals surface area contributed by atoms with Gasteiger partial charge in [-0.3, -0.25) is 19.3 Å².